The number of benzene rings is 2. The van der Waals surface area contributed by atoms with Crippen LogP contribution in [0.2, 0.25) is 0 Å². The molecule has 2 aromatic carbocycles. The number of pyridine rings is 2. The van der Waals surface area contributed by atoms with Gasteiger partial charge in [0.15, 0.2) is 0 Å². The minimum Gasteiger partial charge on any atom is -0.465 e. The highest BCUT2D eigenvalue weighted by Gasteiger charge is 2.45. The molecule has 0 radical (unpaired) electrons. The fraction of sp³-hybridized carbons (Fsp3) is 0.417. The third-order valence-electron chi connectivity index (χ3n) is 11.5. The molecule has 0 saturated carbocycles. The van der Waals surface area contributed by atoms with Crippen molar-refractivity contribution in [2.24, 2.45) is 10.8 Å². The van der Waals surface area contributed by atoms with Gasteiger partial charge in [-0.3, -0.25) is 19.5 Å². The summed E-state index contributed by atoms with van der Waals surface area (Å²) in [5.74, 6) is -0.180. The van der Waals surface area contributed by atoms with Crippen LogP contribution in [0.4, 0.5) is 9.59 Å². The zero-order valence-electron chi connectivity index (χ0n) is 36.7. The van der Waals surface area contributed by atoms with Crippen molar-refractivity contribution in [1.29, 1.82) is 0 Å². The van der Waals surface area contributed by atoms with Gasteiger partial charge in [-0.2, -0.15) is 0 Å². The summed E-state index contributed by atoms with van der Waals surface area (Å²) >= 11 is 0. The molecule has 0 aliphatic carbocycles. The Morgan fingerprint density at radius 2 is 1.47 bits per heavy atom. The van der Waals surface area contributed by atoms with Crippen molar-refractivity contribution < 1.29 is 29.4 Å². The monoisotopic (exact) mass is 844 g/mol. The molecule has 14 heteroatoms. The van der Waals surface area contributed by atoms with Crippen molar-refractivity contribution in [3.8, 4) is 11.3 Å². The summed E-state index contributed by atoms with van der Waals surface area (Å²) < 4.78 is 1.95. The van der Waals surface area contributed by atoms with Crippen LogP contribution in [0.3, 0.4) is 0 Å². The Morgan fingerprint density at radius 1 is 0.790 bits per heavy atom. The number of aliphatic hydroxyl groups excluding tert-OH is 1. The third-order valence-corrected chi connectivity index (χ3v) is 11.5. The van der Waals surface area contributed by atoms with E-state index in [1.165, 1.54) is 7.05 Å². The van der Waals surface area contributed by atoms with Crippen LogP contribution in [-0.4, -0.2) is 114 Å². The number of hydrogen-bond acceptors (Lipinski definition) is 7. The molecule has 5 atom stereocenters. The molecule has 4 heterocycles. The quantitative estimate of drug-likeness (QED) is 0.0899. The van der Waals surface area contributed by atoms with Gasteiger partial charge >= 0.3 is 12.1 Å². The summed E-state index contributed by atoms with van der Waals surface area (Å²) in [7, 11) is 1.36. The van der Waals surface area contributed by atoms with Gasteiger partial charge in [-0.05, 0) is 65.5 Å². The first-order chi connectivity index (χ1) is 29.4. The molecule has 1 aliphatic rings. The molecule has 0 bridgehead atoms. The maximum Gasteiger partial charge on any atom is 0.407 e. The molecule has 1 aliphatic heterocycles. The number of nitrogens with one attached hydrogen (secondary N) is 2. The lowest BCUT2D eigenvalue weighted by Gasteiger charge is -2.38. The number of carbonyl (C=O) groups excluding carboxylic acids is 3. The van der Waals surface area contributed by atoms with Gasteiger partial charge in [0.25, 0.3) is 0 Å². The maximum atomic E-state index is 14.7. The summed E-state index contributed by atoms with van der Waals surface area (Å²) in [4.78, 5) is 68.4. The largest absolute Gasteiger partial charge is 0.465 e. The fourth-order valence-corrected chi connectivity index (χ4v) is 8.51. The smallest absolute Gasteiger partial charge is 0.407 e. The molecule has 0 spiro atoms. The predicted molar refractivity (Wildman–Crippen MR) is 238 cm³/mol. The highest BCUT2D eigenvalue weighted by molar-refractivity contribution is 5.89. The van der Waals surface area contributed by atoms with Crippen molar-refractivity contribution in [1.82, 2.24) is 39.7 Å². The minimum absolute atomic E-state index is 0.0381. The average molecular weight is 845 g/mol. The lowest BCUT2D eigenvalue weighted by molar-refractivity contribution is -0.131. The Hall–Kier alpha value is -6.28. The third kappa shape index (κ3) is 11.0. The molecule has 0 unspecified atom stereocenters. The van der Waals surface area contributed by atoms with Crippen molar-refractivity contribution in [2.45, 2.75) is 97.6 Å². The van der Waals surface area contributed by atoms with E-state index in [0.717, 1.165) is 38.6 Å². The molecule has 5 amide bonds. The Morgan fingerprint density at radius 3 is 2.11 bits per heavy atom. The van der Waals surface area contributed by atoms with Gasteiger partial charge in [0.1, 0.15) is 17.9 Å². The zero-order valence-corrected chi connectivity index (χ0v) is 36.7. The van der Waals surface area contributed by atoms with Gasteiger partial charge in [-0.1, -0.05) is 108 Å². The molecule has 5 aromatic rings. The van der Waals surface area contributed by atoms with Crippen LogP contribution in [0.25, 0.3) is 16.8 Å². The van der Waals surface area contributed by atoms with E-state index in [1.807, 2.05) is 122 Å². The van der Waals surface area contributed by atoms with E-state index in [9.17, 15) is 29.4 Å². The number of nitrogens with zero attached hydrogens (tertiary/aromatic N) is 6. The number of carbonyl (C=O) groups is 4. The van der Waals surface area contributed by atoms with E-state index >= 15 is 0 Å². The number of imidazole rings is 1. The van der Waals surface area contributed by atoms with Crippen molar-refractivity contribution in [3.05, 3.63) is 127 Å². The first-order valence-electron chi connectivity index (χ1n) is 21.2. The van der Waals surface area contributed by atoms with E-state index in [-0.39, 0.29) is 31.3 Å². The number of rotatable bonds is 16. The Kier molecular flexibility index (Phi) is 14.0. The molecule has 328 valence electrons. The normalized spacial score (nSPS) is 15.8. The molecule has 4 N–H and O–H groups in total. The molecule has 3 aromatic heterocycles. The molecular formula is C48H60N8O6. The SMILES string of the molecule is CN(C(=O)O)[C@H](C(=O)N[C@@H](Cc1ccc(-c2ccccn2)cc1)[C@@H](O)C[C@H](Cc1ccccc1)NC(=O)[C@@H](N1CCN(Cc2ncc3ccccn23)C1=O)C(C)(C)C)C(C)(C)C. The van der Waals surface area contributed by atoms with Crippen LogP contribution in [0.1, 0.15) is 64.9 Å². The van der Waals surface area contributed by atoms with Gasteiger partial charge in [-0.15, -0.1) is 0 Å². The average Bonchev–Trinajstić information content (AvgIpc) is 3.79. The highest BCUT2D eigenvalue weighted by Crippen LogP contribution is 2.30. The second-order valence-corrected chi connectivity index (χ2v) is 18.4. The highest BCUT2D eigenvalue weighted by atomic mass is 16.4. The zero-order chi connectivity index (χ0) is 44.8. The molecule has 62 heavy (non-hydrogen) atoms. The number of aromatic nitrogens is 3. The van der Waals surface area contributed by atoms with Gasteiger partial charge in [0.05, 0.1) is 36.1 Å². The van der Waals surface area contributed by atoms with Crippen LogP contribution >= 0.6 is 0 Å². The van der Waals surface area contributed by atoms with E-state index < -0.39 is 53.1 Å². The minimum atomic E-state index is -1.25. The lowest BCUT2D eigenvalue weighted by atomic mass is 9.84. The van der Waals surface area contributed by atoms with Crippen LogP contribution in [-0.2, 0) is 29.0 Å². The first-order valence-corrected chi connectivity index (χ1v) is 21.2. The number of hydrogen-bond donors (Lipinski definition) is 4. The summed E-state index contributed by atoms with van der Waals surface area (Å²) in [6.07, 6.45) is 3.57. The molecular weight excluding hydrogens is 785 g/mol. The predicted octanol–water partition coefficient (Wildman–Crippen LogP) is 6.28. The van der Waals surface area contributed by atoms with E-state index in [2.05, 4.69) is 20.6 Å². The van der Waals surface area contributed by atoms with Gasteiger partial charge in [0.2, 0.25) is 11.8 Å². The van der Waals surface area contributed by atoms with Crippen molar-refractivity contribution in [3.63, 3.8) is 0 Å². The second-order valence-electron chi connectivity index (χ2n) is 18.4. The maximum absolute atomic E-state index is 14.7. The lowest BCUT2D eigenvalue weighted by Crippen LogP contribution is -2.59. The molecule has 14 nitrogen and oxygen atoms in total. The number of amides is 5. The molecule has 1 fully saturated rings. The molecule has 1 saturated heterocycles. The van der Waals surface area contributed by atoms with Crippen LogP contribution < -0.4 is 10.6 Å². The van der Waals surface area contributed by atoms with Crippen LogP contribution in [0, 0.1) is 10.8 Å². The van der Waals surface area contributed by atoms with E-state index in [1.54, 1.807) is 43.0 Å². The Balaban J connectivity index is 1.26. The summed E-state index contributed by atoms with van der Waals surface area (Å²) in [6.45, 7) is 12.2. The topological polar surface area (TPSA) is 173 Å². The number of likely N-dealkylation sites (N-methyl/N-ethyl adjacent to an activating group) is 1. The first kappa shape index (κ1) is 45.3. The standard InChI is InChI=1S/C48H60N8O6/c1-47(2,3)41(53(7)46(61)62)43(58)52-38(28-33-19-21-34(22-20-33)37-18-11-13-23-49-37)39(57)29-35(27-32-15-9-8-10-16-32)51-44(59)42(48(4,5)6)56-26-25-54(45(56)60)31-40-50-30-36-17-12-14-24-55(36)40/h8-24,30,35,38-39,41-42,57H,25-29,31H2,1-7H3,(H,51,59)(H,52,58)(H,61,62)/t35-,38-,39-,41+,42+/m0/s1. The number of carboxylic acid groups (broad SMARTS) is 1. The Bertz CT molecular complexity index is 2310. The number of urea groups is 1. The number of aliphatic hydroxyl groups is 1. The van der Waals surface area contributed by atoms with Crippen molar-refractivity contribution >= 4 is 29.5 Å². The van der Waals surface area contributed by atoms with Crippen LogP contribution in [0.5, 0.6) is 0 Å². The second kappa shape index (κ2) is 19.2. The van der Waals surface area contributed by atoms with Gasteiger partial charge in [-0.25, -0.2) is 14.6 Å². The summed E-state index contributed by atoms with van der Waals surface area (Å²) in [6, 6.07) is 25.1. The van der Waals surface area contributed by atoms with Crippen molar-refractivity contribution in [2.75, 3.05) is 20.1 Å². The molecule has 6 rings (SSSR count). The summed E-state index contributed by atoms with van der Waals surface area (Å²) in [5.41, 5.74) is 2.93. The van der Waals surface area contributed by atoms with Crippen LogP contribution in [0.15, 0.2) is 110 Å². The van der Waals surface area contributed by atoms with Gasteiger partial charge < -0.3 is 35.0 Å². The Labute approximate surface area is 364 Å². The number of fused-ring (bicyclic) bond motifs is 1. The fourth-order valence-electron chi connectivity index (χ4n) is 8.51. The van der Waals surface area contributed by atoms with E-state index in [4.69, 9.17) is 0 Å². The van der Waals surface area contributed by atoms with Gasteiger partial charge in [0, 0.05) is 44.1 Å². The summed E-state index contributed by atoms with van der Waals surface area (Å²) in [5, 5.41) is 28.4. The van der Waals surface area contributed by atoms with E-state index in [0.29, 0.717) is 19.5 Å².